The normalized spacial score (nSPS) is 25.9. The van der Waals surface area contributed by atoms with E-state index in [1.807, 2.05) is 35.2 Å². The molecule has 7 heteroatoms. The van der Waals surface area contributed by atoms with Crippen molar-refractivity contribution < 1.29 is 19.1 Å². The number of aliphatic hydroxyl groups is 1. The smallest absolute Gasteiger partial charge is 0.236 e. The van der Waals surface area contributed by atoms with Gasteiger partial charge in [-0.3, -0.25) is 14.5 Å². The van der Waals surface area contributed by atoms with Crippen LogP contribution in [0, 0.1) is 11.2 Å². The molecule has 1 N–H and O–H groups in total. The molecule has 0 bridgehead atoms. The summed E-state index contributed by atoms with van der Waals surface area (Å²) in [6, 6.07) is 15.3. The van der Waals surface area contributed by atoms with E-state index in [1.165, 1.54) is 12.1 Å². The summed E-state index contributed by atoms with van der Waals surface area (Å²) in [6.07, 6.45) is 1.03. The summed E-state index contributed by atoms with van der Waals surface area (Å²) in [6.45, 7) is 1.65. The highest BCUT2D eigenvalue weighted by Gasteiger charge is 2.53. The first-order valence-corrected chi connectivity index (χ1v) is 11.5. The summed E-state index contributed by atoms with van der Waals surface area (Å²) in [5.41, 5.74) is 0.784. The van der Waals surface area contributed by atoms with E-state index in [9.17, 15) is 19.1 Å². The van der Waals surface area contributed by atoms with Gasteiger partial charge in [0.1, 0.15) is 5.82 Å². The lowest BCUT2D eigenvalue weighted by atomic mass is 9.69. The molecule has 2 aromatic rings. The number of rotatable bonds is 5. The summed E-state index contributed by atoms with van der Waals surface area (Å²) in [7, 11) is 3.45. The van der Waals surface area contributed by atoms with Crippen molar-refractivity contribution in [3.63, 3.8) is 0 Å². The van der Waals surface area contributed by atoms with Crippen LogP contribution in [0.5, 0.6) is 0 Å². The maximum atomic E-state index is 14.1. The van der Waals surface area contributed by atoms with E-state index in [0.717, 1.165) is 18.5 Å². The Morgan fingerprint density at radius 2 is 1.94 bits per heavy atom. The molecule has 4 rings (SSSR count). The molecule has 2 aliphatic rings. The summed E-state index contributed by atoms with van der Waals surface area (Å²) >= 11 is 0. The third-order valence-electron chi connectivity index (χ3n) is 6.91. The fourth-order valence-electron chi connectivity index (χ4n) is 5.33. The quantitative estimate of drug-likeness (QED) is 0.756. The van der Waals surface area contributed by atoms with E-state index in [4.69, 9.17) is 0 Å². The second kappa shape index (κ2) is 9.61. The molecule has 3 atom stereocenters. The molecule has 2 aromatic carbocycles. The number of hydrogen-bond acceptors (Lipinski definition) is 4. The van der Waals surface area contributed by atoms with Gasteiger partial charge in [0.15, 0.2) is 0 Å². The van der Waals surface area contributed by atoms with Crippen LogP contribution < -0.4 is 0 Å². The Morgan fingerprint density at radius 3 is 2.64 bits per heavy atom. The standard InChI is InChI=1S/C26H32FN3O3/c1-28(2)23(32)17-29-13-7-12-26(18-29)15-22(31)24(20-9-4-3-5-10-20)30(25(26)33)16-19-8-6-11-21(27)14-19/h3-6,8-11,14,22,24,31H,7,12-13,15-18H2,1-2H3/t22-,24+,26+/m1/s1. The van der Waals surface area contributed by atoms with Gasteiger partial charge in [-0.25, -0.2) is 4.39 Å². The van der Waals surface area contributed by atoms with Crippen LogP contribution in [-0.4, -0.2) is 71.5 Å². The molecule has 2 heterocycles. The number of hydrogen-bond donors (Lipinski definition) is 1. The van der Waals surface area contributed by atoms with Crippen LogP contribution >= 0.6 is 0 Å². The highest BCUT2D eigenvalue weighted by molar-refractivity contribution is 5.85. The van der Waals surface area contributed by atoms with E-state index in [2.05, 4.69) is 0 Å². The Kier molecular flexibility index (Phi) is 6.81. The molecule has 2 fully saturated rings. The molecule has 176 valence electrons. The van der Waals surface area contributed by atoms with E-state index in [1.54, 1.807) is 36.0 Å². The Hall–Kier alpha value is -2.77. The number of likely N-dealkylation sites (N-methyl/N-ethyl adjacent to an activating group) is 1. The van der Waals surface area contributed by atoms with Gasteiger partial charge in [0.25, 0.3) is 0 Å². The van der Waals surface area contributed by atoms with Gasteiger partial charge in [0.05, 0.1) is 24.1 Å². The van der Waals surface area contributed by atoms with Crippen molar-refractivity contribution in [2.24, 2.45) is 5.41 Å². The second-order valence-corrected chi connectivity index (χ2v) is 9.57. The van der Waals surface area contributed by atoms with Crippen LogP contribution in [0.3, 0.4) is 0 Å². The molecular formula is C26H32FN3O3. The largest absolute Gasteiger partial charge is 0.391 e. The number of benzene rings is 2. The van der Waals surface area contributed by atoms with Gasteiger partial charge in [-0.1, -0.05) is 42.5 Å². The van der Waals surface area contributed by atoms with Crippen molar-refractivity contribution in [2.75, 3.05) is 33.7 Å². The molecule has 6 nitrogen and oxygen atoms in total. The van der Waals surface area contributed by atoms with Gasteiger partial charge in [0, 0.05) is 27.2 Å². The number of carbonyl (C=O) groups excluding carboxylic acids is 2. The highest BCUT2D eigenvalue weighted by atomic mass is 19.1. The highest BCUT2D eigenvalue weighted by Crippen LogP contribution is 2.46. The zero-order valence-corrected chi connectivity index (χ0v) is 19.3. The third kappa shape index (κ3) is 4.94. The molecule has 33 heavy (non-hydrogen) atoms. The Balaban J connectivity index is 1.66. The number of amides is 2. The molecule has 2 saturated heterocycles. The minimum atomic E-state index is -0.761. The first kappa shape index (κ1) is 23.4. The van der Waals surface area contributed by atoms with Crippen LogP contribution in [0.15, 0.2) is 54.6 Å². The number of nitrogens with zero attached hydrogens (tertiary/aromatic N) is 3. The molecule has 1 spiro atoms. The van der Waals surface area contributed by atoms with Crippen LogP contribution in [0.4, 0.5) is 4.39 Å². The fourth-order valence-corrected chi connectivity index (χ4v) is 5.33. The number of piperidine rings is 2. The molecule has 0 radical (unpaired) electrons. The average molecular weight is 454 g/mol. The summed E-state index contributed by atoms with van der Waals surface area (Å²) < 4.78 is 13.9. The van der Waals surface area contributed by atoms with Crippen LogP contribution in [-0.2, 0) is 16.1 Å². The molecule has 0 unspecified atom stereocenters. The maximum absolute atomic E-state index is 14.1. The van der Waals surface area contributed by atoms with Gasteiger partial charge in [-0.05, 0) is 49.1 Å². The molecule has 0 aliphatic carbocycles. The predicted molar refractivity (Wildman–Crippen MR) is 124 cm³/mol. The molecule has 2 aliphatic heterocycles. The minimum Gasteiger partial charge on any atom is -0.391 e. The summed E-state index contributed by atoms with van der Waals surface area (Å²) in [5.74, 6) is -0.392. The van der Waals surface area contributed by atoms with Crippen molar-refractivity contribution in [1.82, 2.24) is 14.7 Å². The Labute approximate surface area is 194 Å². The maximum Gasteiger partial charge on any atom is 0.236 e. The summed E-state index contributed by atoms with van der Waals surface area (Å²) in [5, 5.41) is 11.4. The SMILES string of the molecule is CN(C)C(=O)CN1CCC[C@]2(C[C@@H](O)[C@H](c3ccccc3)N(Cc3cccc(F)c3)C2=O)C1. The topological polar surface area (TPSA) is 64.1 Å². The first-order chi connectivity index (χ1) is 15.8. The average Bonchev–Trinajstić information content (AvgIpc) is 2.78. The molecule has 2 amide bonds. The lowest BCUT2D eigenvalue weighted by molar-refractivity contribution is -0.166. The van der Waals surface area contributed by atoms with Gasteiger partial charge >= 0.3 is 0 Å². The number of aliphatic hydroxyl groups excluding tert-OH is 1. The second-order valence-electron chi connectivity index (χ2n) is 9.57. The lowest BCUT2D eigenvalue weighted by Gasteiger charge is -2.52. The van der Waals surface area contributed by atoms with Crippen LogP contribution in [0.1, 0.15) is 36.4 Å². The third-order valence-corrected chi connectivity index (χ3v) is 6.91. The molecule has 0 aromatic heterocycles. The van der Waals surface area contributed by atoms with E-state index < -0.39 is 17.6 Å². The number of halogens is 1. The van der Waals surface area contributed by atoms with E-state index in [-0.39, 0.29) is 30.7 Å². The van der Waals surface area contributed by atoms with Crippen molar-refractivity contribution in [1.29, 1.82) is 0 Å². The number of carbonyl (C=O) groups is 2. The Morgan fingerprint density at radius 1 is 1.18 bits per heavy atom. The molecule has 0 saturated carbocycles. The monoisotopic (exact) mass is 453 g/mol. The lowest BCUT2D eigenvalue weighted by Crippen LogP contribution is -2.61. The summed E-state index contributed by atoms with van der Waals surface area (Å²) in [4.78, 5) is 31.7. The van der Waals surface area contributed by atoms with Gasteiger partial charge in [0.2, 0.25) is 11.8 Å². The van der Waals surface area contributed by atoms with Gasteiger partial charge < -0.3 is 14.9 Å². The van der Waals surface area contributed by atoms with Crippen molar-refractivity contribution in [2.45, 2.75) is 38.0 Å². The van der Waals surface area contributed by atoms with E-state index >= 15 is 0 Å². The minimum absolute atomic E-state index is 0.00497. The van der Waals surface area contributed by atoms with Crippen molar-refractivity contribution in [3.05, 3.63) is 71.5 Å². The van der Waals surface area contributed by atoms with Crippen molar-refractivity contribution >= 4 is 11.8 Å². The zero-order valence-electron chi connectivity index (χ0n) is 19.3. The molecular weight excluding hydrogens is 421 g/mol. The first-order valence-electron chi connectivity index (χ1n) is 11.5. The van der Waals surface area contributed by atoms with Crippen molar-refractivity contribution in [3.8, 4) is 0 Å². The van der Waals surface area contributed by atoms with Crippen LogP contribution in [0.25, 0.3) is 0 Å². The van der Waals surface area contributed by atoms with Gasteiger partial charge in [-0.15, -0.1) is 0 Å². The fraction of sp³-hybridized carbons (Fsp3) is 0.462. The van der Waals surface area contributed by atoms with Crippen LogP contribution in [0.2, 0.25) is 0 Å². The Bertz CT molecular complexity index is 999. The number of likely N-dealkylation sites (tertiary alicyclic amines) is 2. The zero-order chi connectivity index (χ0) is 23.6. The van der Waals surface area contributed by atoms with Gasteiger partial charge in [-0.2, -0.15) is 0 Å². The van der Waals surface area contributed by atoms with E-state index in [0.29, 0.717) is 24.9 Å². The predicted octanol–water partition coefficient (Wildman–Crippen LogP) is 2.83.